The zero-order chi connectivity index (χ0) is 21.4. The summed E-state index contributed by atoms with van der Waals surface area (Å²) in [4.78, 5) is 9.62. The number of nitrogens with one attached hydrogen (secondary N) is 2. The summed E-state index contributed by atoms with van der Waals surface area (Å²) in [5, 5.41) is 12.7. The van der Waals surface area contributed by atoms with E-state index in [9.17, 15) is 0 Å². The van der Waals surface area contributed by atoms with Crippen molar-refractivity contribution >= 4 is 39.0 Å². The molecule has 0 saturated carbocycles. The van der Waals surface area contributed by atoms with Crippen molar-refractivity contribution in [2.45, 2.75) is 0 Å². The quantitative estimate of drug-likeness (QED) is 0.512. The number of benzene rings is 2. The number of hydrogen-bond acceptors (Lipinski definition) is 7. The van der Waals surface area contributed by atoms with Crippen molar-refractivity contribution in [1.82, 2.24) is 20.1 Å². The highest BCUT2D eigenvalue weighted by molar-refractivity contribution is 6.09. The summed E-state index contributed by atoms with van der Waals surface area (Å²) in [6, 6.07) is 12.3. The number of hydrogen-bond donors (Lipinski definition) is 2. The van der Waals surface area contributed by atoms with E-state index in [1.165, 1.54) is 5.69 Å². The topological polar surface area (TPSA) is 78.5 Å². The van der Waals surface area contributed by atoms with Gasteiger partial charge < -0.3 is 24.6 Å². The van der Waals surface area contributed by atoms with Crippen molar-refractivity contribution in [2.75, 3.05) is 57.7 Å². The van der Waals surface area contributed by atoms with Gasteiger partial charge in [0.15, 0.2) is 17.3 Å². The van der Waals surface area contributed by atoms with Crippen molar-refractivity contribution in [2.24, 2.45) is 0 Å². The van der Waals surface area contributed by atoms with Crippen LogP contribution in [0.3, 0.4) is 0 Å². The third-order valence-electron chi connectivity index (χ3n) is 5.90. The van der Waals surface area contributed by atoms with E-state index >= 15 is 0 Å². The first-order chi connectivity index (χ1) is 15.2. The molecule has 0 amide bonds. The van der Waals surface area contributed by atoms with Crippen LogP contribution in [0.15, 0.2) is 42.6 Å². The van der Waals surface area contributed by atoms with Gasteiger partial charge in [-0.15, -0.1) is 0 Å². The fraction of sp³-hybridized carbons (Fsp3) is 0.304. The number of methoxy groups -OCH3 is 2. The molecule has 0 bridgehead atoms. The summed E-state index contributed by atoms with van der Waals surface area (Å²) in [7, 11) is 5.43. The van der Waals surface area contributed by atoms with Gasteiger partial charge in [-0.05, 0) is 37.4 Å². The van der Waals surface area contributed by atoms with Crippen molar-refractivity contribution < 1.29 is 9.47 Å². The molecule has 2 N–H and O–H groups in total. The van der Waals surface area contributed by atoms with Crippen LogP contribution < -0.4 is 19.7 Å². The zero-order valence-electron chi connectivity index (χ0n) is 18.0. The van der Waals surface area contributed by atoms with Gasteiger partial charge in [-0.3, -0.25) is 5.10 Å². The predicted octanol–water partition coefficient (Wildman–Crippen LogP) is 3.62. The van der Waals surface area contributed by atoms with Gasteiger partial charge >= 0.3 is 0 Å². The monoisotopic (exact) mass is 418 g/mol. The van der Waals surface area contributed by atoms with Crippen molar-refractivity contribution in [3.63, 3.8) is 0 Å². The number of ether oxygens (including phenoxy) is 2. The molecule has 4 aromatic rings. The number of fused-ring (bicyclic) bond motifs is 3. The summed E-state index contributed by atoms with van der Waals surface area (Å²) in [5.74, 6) is 2.03. The second-order valence-corrected chi connectivity index (χ2v) is 7.81. The highest BCUT2D eigenvalue weighted by atomic mass is 16.5. The lowest BCUT2D eigenvalue weighted by molar-refractivity contribution is 0.313. The average molecular weight is 419 g/mol. The van der Waals surface area contributed by atoms with Gasteiger partial charge in [-0.2, -0.15) is 5.10 Å². The molecule has 8 heteroatoms. The molecule has 1 fully saturated rings. The van der Waals surface area contributed by atoms with Crippen molar-refractivity contribution in [3.8, 4) is 11.5 Å². The standard InChI is InChI=1S/C23H26N6O2/c1-28-8-10-29(11-9-28)16-6-4-15(5-7-16)25-23-22-18(14-24-27-22)17-12-20(30-2)21(31-3)13-19(17)26-23/h4-7,12-14H,8-11H2,1-3H3,(H,24,27)(H,25,26). The van der Waals surface area contributed by atoms with Crippen LogP contribution in [0, 0.1) is 0 Å². The molecule has 0 spiro atoms. The summed E-state index contributed by atoms with van der Waals surface area (Å²) in [6.07, 6.45) is 1.81. The Bertz CT molecular complexity index is 1210. The number of aromatic amines is 1. The number of rotatable bonds is 5. The normalized spacial score (nSPS) is 14.9. The second-order valence-electron chi connectivity index (χ2n) is 7.81. The van der Waals surface area contributed by atoms with Gasteiger partial charge in [0.2, 0.25) is 0 Å². The van der Waals surface area contributed by atoms with Gasteiger partial charge in [-0.1, -0.05) is 0 Å². The second kappa shape index (κ2) is 7.96. The molecule has 31 heavy (non-hydrogen) atoms. The maximum atomic E-state index is 5.46. The largest absolute Gasteiger partial charge is 0.493 e. The molecule has 0 aliphatic carbocycles. The Morgan fingerprint density at radius 1 is 0.935 bits per heavy atom. The summed E-state index contributed by atoms with van der Waals surface area (Å²) in [6.45, 7) is 4.28. The molecule has 5 rings (SSSR count). The maximum Gasteiger partial charge on any atom is 0.162 e. The van der Waals surface area contributed by atoms with Crippen molar-refractivity contribution in [3.05, 3.63) is 42.6 Å². The average Bonchev–Trinajstić information content (AvgIpc) is 3.30. The number of piperazine rings is 1. The van der Waals surface area contributed by atoms with E-state index < -0.39 is 0 Å². The Balaban J connectivity index is 1.47. The van der Waals surface area contributed by atoms with Gasteiger partial charge in [0.05, 0.1) is 25.9 Å². The Hall–Kier alpha value is -3.52. The van der Waals surface area contributed by atoms with Gasteiger partial charge in [-0.25, -0.2) is 4.98 Å². The lowest BCUT2D eigenvalue weighted by Gasteiger charge is -2.34. The van der Waals surface area contributed by atoms with E-state index in [-0.39, 0.29) is 0 Å². The van der Waals surface area contributed by atoms with E-state index in [2.05, 4.69) is 56.6 Å². The number of H-pyrrole nitrogens is 1. The highest BCUT2D eigenvalue weighted by Gasteiger charge is 2.16. The predicted molar refractivity (Wildman–Crippen MR) is 124 cm³/mol. The van der Waals surface area contributed by atoms with Crippen LogP contribution in [0.2, 0.25) is 0 Å². The van der Waals surface area contributed by atoms with Crippen LogP contribution in [0.5, 0.6) is 11.5 Å². The molecule has 1 aliphatic rings. The number of anilines is 3. The lowest BCUT2D eigenvalue weighted by Crippen LogP contribution is -2.44. The molecular weight excluding hydrogens is 392 g/mol. The minimum absolute atomic E-state index is 0.646. The number of nitrogens with zero attached hydrogens (tertiary/aromatic N) is 4. The third-order valence-corrected chi connectivity index (χ3v) is 5.90. The van der Waals surface area contributed by atoms with Crippen LogP contribution in [-0.4, -0.2) is 67.5 Å². The SMILES string of the molecule is COc1cc2nc(Nc3ccc(N4CCN(C)CC4)cc3)c3[nH]ncc3c2cc1OC. The Morgan fingerprint density at radius 3 is 2.35 bits per heavy atom. The molecule has 1 saturated heterocycles. The highest BCUT2D eigenvalue weighted by Crippen LogP contribution is 2.37. The van der Waals surface area contributed by atoms with Gasteiger partial charge in [0.1, 0.15) is 5.52 Å². The Kier molecular flexibility index (Phi) is 4.99. The molecule has 0 radical (unpaired) electrons. The van der Waals surface area contributed by atoms with Crippen LogP contribution >= 0.6 is 0 Å². The fourth-order valence-corrected chi connectivity index (χ4v) is 4.07. The minimum atomic E-state index is 0.646. The van der Waals surface area contributed by atoms with E-state index in [4.69, 9.17) is 14.5 Å². The zero-order valence-corrected chi connectivity index (χ0v) is 18.0. The molecule has 160 valence electrons. The van der Waals surface area contributed by atoms with Crippen LogP contribution in [-0.2, 0) is 0 Å². The fourth-order valence-electron chi connectivity index (χ4n) is 4.07. The molecular formula is C23H26N6O2. The van der Waals surface area contributed by atoms with Crippen LogP contribution in [0.25, 0.3) is 21.8 Å². The van der Waals surface area contributed by atoms with Crippen LogP contribution in [0.4, 0.5) is 17.2 Å². The number of pyridine rings is 1. The number of likely N-dealkylation sites (N-methyl/N-ethyl adjacent to an activating group) is 1. The molecule has 3 heterocycles. The smallest absolute Gasteiger partial charge is 0.162 e. The van der Waals surface area contributed by atoms with E-state index in [1.54, 1.807) is 14.2 Å². The maximum absolute atomic E-state index is 5.46. The van der Waals surface area contributed by atoms with Crippen molar-refractivity contribution in [1.29, 1.82) is 0 Å². The van der Waals surface area contributed by atoms with Gasteiger partial charge in [0.25, 0.3) is 0 Å². The Morgan fingerprint density at radius 2 is 1.65 bits per heavy atom. The lowest BCUT2D eigenvalue weighted by atomic mass is 10.1. The van der Waals surface area contributed by atoms with E-state index in [0.717, 1.165) is 59.5 Å². The Labute approximate surface area is 180 Å². The number of aromatic nitrogens is 3. The van der Waals surface area contributed by atoms with Gasteiger partial charge in [0, 0.05) is 54.4 Å². The van der Waals surface area contributed by atoms with E-state index in [0.29, 0.717) is 11.5 Å². The first-order valence-electron chi connectivity index (χ1n) is 10.4. The summed E-state index contributed by atoms with van der Waals surface area (Å²) in [5.41, 5.74) is 3.88. The molecule has 0 unspecified atom stereocenters. The minimum Gasteiger partial charge on any atom is -0.493 e. The molecule has 2 aromatic carbocycles. The molecule has 8 nitrogen and oxygen atoms in total. The summed E-state index contributed by atoms with van der Waals surface area (Å²) < 4.78 is 10.9. The first kappa shape index (κ1) is 19.4. The molecule has 0 atom stereocenters. The van der Waals surface area contributed by atoms with Crippen LogP contribution in [0.1, 0.15) is 0 Å². The molecule has 1 aliphatic heterocycles. The first-order valence-corrected chi connectivity index (χ1v) is 10.4. The molecule has 2 aromatic heterocycles. The van der Waals surface area contributed by atoms with E-state index in [1.807, 2.05) is 18.3 Å². The summed E-state index contributed by atoms with van der Waals surface area (Å²) >= 11 is 0. The third kappa shape index (κ3) is 3.59.